The van der Waals surface area contributed by atoms with Crippen LogP contribution in [0.15, 0.2) is 0 Å². The van der Waals surface area contributed by atoms with Crippen molar-refractivity contribution in [3.63, 3.8) is 0 Å². The summed E-state index contributed by atoms with van der Waals surface area (Å²) in [5.41, 5.74) is 0.510. The van der Waals surface area contributed by atoms with Crippen LogP contribution in [-0.4, -0.2) is 39.0 Å². The van der Waals surface area contributed by atoms with Crippen LogP contribution in [-0.2, 0) is 9.47 Å². The molecule has 0 amide bonds. The number of hydrogen-bond donors (Lipinski definition) is 1. The van der Waals surface area contributed by atoms with Crippen molar-refractivity contribution < 1.29 is 9.47 Å². The van der Waals surface area contributed by atoms with Gasteiger partial charge in [0.05, 0.1) is 6.61 Å². The fourth-order valence-corrected chi connectivity index (χ4v) is 2.38. The molecule has 1 heterocycles. The van der Waals surface area contributed by atoms with Crippen LogP contribution >= 0.6 is 0 Å². The topological polar surface area (TPSA) is 30.5 Å². The van der Waals surface area contributed by atoms with Crippen LogP contribution in [0.1, 0.15) is 46.5 Å². The lowest BCUT2D eigenvalue weighted by atomic mass is 9.78. The average molecular weight is 243 g/mol. The zero-order chi connectivity index (χ0) is 12.8. The van der Waals surface area contributed by atoms with Crippen molar-refractivity contribution in [1.29, 1.82) is 0 Å². The summed E-state index contributed by atoms with van der Waals surface area (Å²) >= 11 is 0. The van der Waals surface area contributed by atoms with Crippen LogP contribution in [0.3, 0.4) is 0 Å². The zero-order valence-corrected chi connectivity index (χ0v) is 12.0. The highest BCUT2D eigenvalue weighted by atomic mass is 16.5. The molecule has 1 aliphatic rings. The van der Waals surface area contributed by atoms with Crippen molar-refractivity contribution in [2.75, 3.05) is 33.5 Å². The van der Waals surface area contributed by atoms with Crippen molar-refractivity contribution >= 4 is 0 Å². The molecule has 0 bridgehead atoms. The summed E-state index contributed by atoms with van der Waals surface area (Å²) in [6.07, 6.45) is 4.80. The summed E-state index contributed by atoms with van der Waals surface area (Å²) in [6.45, 7) is 10.4. The molecular formula is C14H29NO2. The van der Waals surface area contributed by atoms with Gasteiger partial charge >= 0.3 is 0 Å². The maximum absolute atomic E-state index is 5.70. The van der Waals surface area contributed by atoms with E-state index < -0.39 is 0 Å². The number of nitrogens with one attached hydrogen (secondary N) is 1. The molecule has 0 aromatic rings. The quantitative estimate of drug-likeness (QED) is 0.727. The standard InChI is InChI=1S/C14H29NO2/c1-13(2,3)15-11-14(7-5-9-16-4)8-6-10-17-12-14/h15H,5-12H2,1-4H3. The Morgan fingerprint density at radius 2 is 2.12 bits per heavy atom. The summed E-state index contributed by atoms with van der Waals surface area (Å²) in [4.78, 5) is 0. The largest absolute Gasteiger partial charge is 0.385 e. The molecule has 102 valence electrons. The second kappa shape index (κ2) is 6.72. The molecule has 0 aliphatic carbocycles. The Morgan fingerprint density at radius 1 is 1.35 bits per heavy atom. The Bertz CT molecular complexity index is 205. The van der Waals surface area contributed by atoms with Gasteiger partial charge in [0.25, 0.3) is 0 Å². The summed E-state index contributed by atoms with van der Waals surface area (Å²) in [5, 5.41) is 3.64. The molecule has 17 heavy (non-hydrogen) atoms. The van der Waals surface area contributed by atoms with Crippen LogP contribution in [0.4, 0.5) is 0 Å². The maximum atomic E-state index is 5.70. The first-order valence-corrected chi connectivity index (χ1v) is 6.79. The van der Waals surface area contributed by atoms with E-state index in [0.717, 1.165) is 32.8 Å². The second-order valence-electron chi connectivity index (χ2n) is 6.36. The van der Waals surface area contributed by atoms with E-state index in [0.29, 0.717) is 5.41 Å². The lowest BCUT2D eigenvalue weighted by Gasteiger charge is -2.39. The summed E-state index contributed by atoms with van der Waals surface area (Å²) < 4.78 is 10.9. The van der Waals surface area contributed by atoms with E-state index in [4.69, 9.17) is 9.47 Å². The van der Waals surface area contributed by atoms with E-state index >= 15 is 0 Å². The predicted octanol–water partition coefficient (Wildman–Crippen LogP) is 2.60. The van der Waals surface area contributed by atoms with E-state index in [1.165, 1.54) is 19.3 Å². The van der Waals surface area contributed by atoms with Gasteiger partial charge in [0.2, 0.25) is 0 Å². The van der Waals surface area contributed by atoms with Gasteiger partial charge < -0.3 is 14.8 Å². The van der Waals surface area contributed by atoms with Crippen molar-refractivity contribution in [3.8, 4) is 0 Å². The molecule has 1 aliphatic heterocycles. The Kier molecular flexibility index (Phi) is 5.90. The summed E-state index contributed by atoms with van der Waals surface area (Å²) in [5.74, 6) is 0. The highest BCUT2D eigenvalue weighted by Crippen LogP contribution is 2.33. The number of hydrogen-bond acceptors (Lipinski definition) is 3. The smallest absolute Gasteiger partial charge is 0.0534 e. The molecule has 1 fully saturated rings. The lowest BCUT2D eigenvalue weighted by Crippen LogP contribution is -2.47. The molecule has 0 aromatic carbocycles. The molecule has 1 N–H and O–H groups in total. The van der Waals surface area contributed by atoms with Gasteiger partial charge in [-0.25, -0.2) is 0 Å². The molecule has 0 saturated carbocycles. The third-order valence-electron chi connectivity index (χ3n) is 3.45. The van der Waals surface area contributed by atoms with Crippen molar-refractivity contribution in [1.82, 2.24) is 5.32 Å². The average Bonchev–Trinajstić information content (AvgIpc) is 2.28. The monoisotopic (exact) mass is 243 g/mol. The SMILES string of the molecule is COCCCC1(CNC(C)(C)C)CCCOC1. The van der Waals surface area contributed by atoms with Gasteiger partial charge in [-0.15, -0.1) is 0 Å². The van der Waals surface area contributed by atoms with Gasteiger partial charge in [0.15, 0.2) is 0 Å². The molecule has 0 aromatic heterocycles. The molecule has 1 unspecified atom stereocenters. The van der Waals surface area contributed by atoms with Crippen LogP contribution in [0, 0.1) is 5.41 Å². The van der Waals surface area contributed by atoms with E-state index in [1.807, 2.05) is 0 Å². The Morgan fingerprint density at radius 3 is 2.65 bits per heavy atom. The zero-order valence-electron chi connectivity index (χ0n) is 12.0. The molecule has 1 saturated heterocycles. The third-order valence-corrected chi connectivity index (χ3v) is 3.45. The lowest BCUT2D eigenvalue weighted by molar-refractivity contribution is -0.0185. The van der Waals surface area contributed by atoms with Crippen molar-refractivity contribution in [2.45, 2.75) is 52.0 Å². The van der Waals surface area contributed by atoms with E-state index in [2.05, 4.69) is 26.1 Å². The minimum atomic E-state index is 0.186. The number of rotatable bonds is 6. The third kappa shape index (κ3) is 5.84. The van der Waals surface area contributed by atoms with Gasteiger partial charge in [-0.2, -0.15) is 0 Å². The first-order chi connectivity index (χ1) is 7.97. The molecular weight excluding hydrogens is 214 g/mol. The van der Waals surface area contributed by atoms with Gasteiger partial charge in [-0.3, -0.25) is 0 Å². The first kappa shape index (κ1) is 14.9. The number of ether oxygens (including phenoxy) is 2. The Labute approximate surface area is 106 Å². The predicted molar refractivity (Wildman–Crippen MR) is 71.4 cm³/mol. The van der Waals surface area contributed by atoms with Gasteiger partial charge in [-0.05, 0) is 46.5 Å². The molecule has 0 radical (unpaired) electrons. The van der Waals surface area contributed by atoms with E-state index in [1.54, 1.807) is 7.11 Å². The van der Waals surface area contributed by atoms with Gasteiger partial charge in [-0.1, -0.05) is 0 Å². The fourth-order valence-electron chi connectivity index (χ4n) is 2.38. The van der Waals surface area contributed by atoms with Gasteiger partial charge in [0.1, 0.15) is 0 Å². The molecule has 1 atom stereocenters. The fraction of sp³-hybridized carbons (Fsp3) is 1.00. The summed E-state index contributed by atoms with van der Waals surface area (Å²) in [7, 11) is 1.78. The maximum Gasteiger partial charge on any atom is 0.0534 e. The van der Waals surface area contributed by atoms with E-state index in [9.17, 15) is 0 Å². The molecule has 0 spiro atoms. The summed E-state index contributed by atoms with van der Waals surface area (Å²) in [6, 6.07) is 0. The first-order valence-electron chi connectivity index (χ1n) is 6.79. The van der Waals surface area contributed by atoms with Crippen LogP contribution in [0.25, 0.3) is 0 Å². The minimum Gasteiger partial charge on any atom is -0.385 e. The van der Waals surface area contributed by atoms with Crippen molar-refractivity contribution in [2.24, 2.45) is 5.41 Å². The second-order valence-corrected chi connectivity index (χ2v) is 6.36. The molecule has 1 rings (SSSR count). The Hall–Kier alpha value is -0.120. The van der Waals surface area contributed by atoms with Crippen molar-refractivity contribution in [3.05, 3.63) is 0 Å². The normalized spacial score (nSPS) is 26.1. The number of methoxy groups -OCH3 is 1. The van der Waals surface area contributed by atoms with E-state index in [-0.39, 0.29) is 5.54 Å². The minimum absolute atomic E-state index is 0.186. The highest BCUT2D eigenvalue weighted by molar-refractivity contribution is 4.86. The van der Waals surface area contributed by atoms with Crippen LogP contribution in [0.5, 0.6) is 0 Å². The Balaban J connectivity index is 2.46. The van der Waals surface area contributed by atoms with Crippen LogP contribution < -0.4 is 5.32 Å². The van der Waals surface area contributed by atoms with Gasteiger partial charge in [0, 0.05) is 37.8 Å². The molecule has 3 heteroatoms. The van der Waals surface area contributed by atoms with Crippen LogP contribution in [0.2, 0.25) is 0 Å². The highest BCUT2D eigenvalue weighted by Gasteiger charge is 2.33. The molecule has 3 nitrogen and oxygen atoms in total.